The minimum atomic E-state index is -3.95. The summed E-state index contributed by atoms with van der Waals surface area (Å²) >= 11 is 5.86. The van der Waals surface area contributed by atoms with Crippen molar-refractivity contribution < 1.29 is 17.9 Å². The summed E-state index contributed by atoms with van der Waals surface area (Å²) in [5.41, 5.74) is 7.61. The zero-order valence-electron chi connectivity index (χ0n) is 15.9. The van der Waals surface area contributed by atoms with Crippen molar-refractivity contribution in [1.82, 2.24) is 14.3 Å². The predicted molar refractivity (Wildman–Crippen MR) is 111 cm³/mol. The molecule has 146 valence electrons. The molecule has 1 atom stereocenters. The molecule has 1 aliphatic heterocycles. The number of carbonyl (C=O) groups is 1. The summed E-state index contributed by atoms with van der Waals surface area (Å²) in [6, 6.07) is 3.95. The zero-order valence-corrected chi connectivity index (χ0v) is 17.5. The van der Waals surface area contributed by atoms with Crippen LogP contribution < -0.4 is 5.73 Å². The monoisotopic (exact) mass is 420 g/mol. The Balaban J connectivity index is 2.15. The Morgan fingerprint density at radius 2 is 2.11 bits per heavy atom. The van der Waals surface area contributed by atoms with Gasteiger partial charge in [-0.05, 0) is 37.1 Å². The lowest BCUT2D eigenvalue weighted by Crippen LogP contribution is -2.52. The fourth-order valence-corrected chi connectivity index (χ4v) is 5.98. The quantitative estimate of drug-likeness (QED) is 0.411. The fourth-order valence-electron chi connectivity index (χ4n) is 3.57. The summed E-state index contributed by atoms with van der Waals surface area (Å²) in [7, 11) is -0.451. The van der Waals surface area contributed by atoms with Crippen LogP contribution in [0.15, 0.2) is 29.3 Å². The molecule has 2 heterocycles. The van der Waals surface area contributed by atoms with E-state index in [0.29, 0.717) is 16.8 Å². The van der Waals surface area contributed by atoms with Crippen molar-refractivity contribution in [3.05, 3.63) is 35.2 Å². The molecule has 1 aromatic heterocycles. The number of esters is 1. The minimum absolute atomic E-state index is 0.00504. The lowest BCUT2D eigenvalue weighted by molar-refractivity contribution is -0.147. The maximum atomic E-state index is 13.3. The molecule has 1 aromatic carbocycles. The van der Waals surface area contributed by atoms with E-state index in [1.165, 1.54) is 23.5 Å². The summed E-state index contributed by atoms with van der Waals surface area (Å²) in [6.07, 6.45) is 1.37. The van der Waals surface area contributed by atoms with E-state index < -0.39 is 27.4 Å². The molecule has 28 heavy (non-hydrogen) atoms. The van der Waals surface area contributed by atoms with Crippen LogP contribution in [-0.2, 0) is 24.9 Å². The van der Waals surface area contributed by atoms with Crippen molar-refractivity contribution >= 4 is 49.0 Å². The molecular weight excluding hydrogens is 401 g/mol. The standard InChI is InChI=1S/C16H19B2ClN4O4S/c1-3-27-14(24)8(2)23-16(17,18)10-5-4-9(6-12(10)28(23,25)26)13-11(20)7-21-15(19)22-13/h4-8H,3,17-18,20H2,1-2H3/t8-/m1/s1. The summed E-state index contributed by atoms with van der Waals surface area (Å²) in [6.45, 7) is 3.36. The van der Waals surface area contributed by atoms with Crippen LogP contribution in [0.2, 0.25) is 5.28 Å². The van der Waals surface area contributed by atoms with Crippen LogP contribution in [0.1, 0.15) is 19.4 Å². The molecule has 0 saturated carbocycles. The van der Waals surface area contributed by atoms with Crippen molar-refractivity contribution in [1.29, 1.82) is 0 Å². The number of nitrogens with zero attached hydrogens (tertiary/aromatic N) is 3. The van der Waals surface area contributed by atoms with E-state index in [1.54, 1.807) is 34.7 Å². The predicted octanol–water partition coefficient (Wildman–Crippen LogP) is -0.288. The van der Waals surface area contributed by atoms with Crippen LogP contribution in [0.3, 0.4) is 0 Å². The Hall–Kier alpha value is -2.10. The van der Waals surface area contributed by atoms with E-state index in [2.05, 4.69) is 9.97 Å². The van der Waals surface area contributed by atoms with Gasteiger partial charge >= 0.3 is 5.97 Å². The van der Waals surface area contributed by atoms with Crippen LogP contribution in [0.4, 0.5) is 5.69 Å². The second-order valence-electron chi connectivity index (χ2n) is 6.94. The number of nitrogen functional groups attached to an aromatic ring is 1. The highest BCUT2D eigenvalue weighted by Crippen LogP contribution is 2.43. The first-order chi connectivity index (χ1) is 13.0. The number of hydrogen-bond acceptors (Lipinski definition) is 7. The Morgan fingerprint density at radius 3 is 2.75 bits per heavy atom. The molecule has 12 heteroatoms. The van der Waals surface area contributed by atoms with Crippen LogP contribution in [0, 0.1) is 0 Å². The second kappa shape index (κ2) is 7.06. The van der Waals surface area contributed by atoms with Gasteiger partial charge in [-0.1, -0.05) is 12.1 Å². The maximum absolute atomic E-state index is 13.3. The van der Waals surface area contributed by atoms with Gasteiger partial charge in [-0.3, -0.25) is 4.79 Å². The molecule has 0 bridgehead atoms. The molecule has 0 radical (unpaired) electrons. The SMILES string of the molecule is BC1(B)c2ccc(-c3nc(Cl)ncc3N)cc2S(=O)(=O)N1[C@H](C)C(=O)OCC. The Morgan fingerprint density at radius 1 is 1.43 bits per heavy atom. The van der Waals surface area contributed by atoms with Gasteiger partial charge in [-0.25, -0.2) is 18.4 Å². The summed E-state index contributed by atoms with van der Waals surface area (Å²) in [4.78, 5) is 20.3. The fraction of sp³-hybridized carbons (Fsp3) is 0.312. The normalized spacial score (nSPS) is 18.4. The number of carbonyl (C=O) groups excluding carboxylic acids is 1. The van der Waals surface area contributed by atoms with Crippen molar-refractivity contribution in [2.24, 2.45) is 0 Å². The molecular formula is C16H19B2ClN4O4S. The maximum Gasteiger partial charge on any atom is 0.324 e. The second-order valence-corrected chi connectivity index (χ2v) is 9.06. The lowest BCUT2D eigenvalue weighted by Gasteiger charge is -2.34. The number of sulfonamides is 1. The first-order valence-corrected chi connectivity index (χ1v) is 10.5. The molecule has 1 aliphatic rings. The first-order valence-electron chi connectivity index (χ1n) is 8.66. The van der Waals surface area contributed by atoms with Gasteiger partial charge in [0.2, 0.25) is 15.3 Å². The summed E-state index contributed by atoms with van der Waals surface area (Å²) in [5, 5.41) is -0.932. The average Bonchev–Trinajstić information content (AvgIpc) is 2.78. The van der Waals surface area contributed by atoms with Gasteiger partial charge in [0.1, 0.15) is 21.7 Å². The Labute approximate surface area is 170 Å². The van der Waals surface area contributed by atoms with Gasteiger partial charge in [0.15, 0.2) is 0 Å². The first kappa shape index (κ1) is 20.6. The van der Waals surface area contributed by atoms with Crippen LogP contribution in [0.25, 0.3) is 11.3 Å². The number of hydrogen-bond donors (Lipinski definition) is 1. The van der Waals surface area contributed by atoms with Crippen LogP contribution in [0.5, 0.6) is 0 Å². The summed E-state index contributed by atoms with van der Waals surface area (Å²) < 4.78 is 32.8. The number of ether oxygens (including phenoxy) is 1. The van der Waals surface area contributed by atoms with E-state index in [1.807, 2.05) is 0 Å². The number of fused-ring (bicyclic) bond motifs is 1. The third-order valence-corrected chi connectivity index (χ3v) is 7.14. The van der Waals surface area contributed by atoms with Crippen molar-refractivity contribution in [3.63, 3.8) is 0 Å². The van der Waals surface area contributed by atoms with E-state index in [-0.39, 0.29) is 22.5 Å². The van der Waals surface area contributed by atoms with Crippen molar-refractivity contribution in [2.75, 3.05) is 12.3 Å². The van der Waals surface area contributed by atoms with E-state index in [9.17, 15) is 13.2 Å². The molecule has 0 saturated heterocycles. The smallest absolute Gasteiger partial charge is 0.324 e. The zero-order chi connectivity index (χ0) is 20.9. The van der Waals surface area contributed by atoms with Gasteiger partial charge in [0.25, 0.3) is 0 Å². The third-order valence-electron chi connectivity index (χ3n) is 4.77. The molecule has 2 N–H and O–H groups in total. The van der Waals surface area contributed by atoms with Crippen molar-refractivity contribution in [3.8, 4) is 11.3 Å². The van der Waals surface area contributed by atoms with Crippen LogP contribution >= 0.6 is 11.6 Å². The highest BCUT2D eigenvalue weighted by molar-refractivity contribution is 7.89. The Kier molecular flexibility index (Phi) is 5.20. The topological polar surface area (TPSA) is 115 Å². The van der Waals surface area contributed by atoms with Gasteiger partial charge < -0.3 is 10.5 Å². The third kappa shape index (κ3) is 3.17. The molecule has 0 spiro atoms. The summed E-state index contributed by atoms with van der Waals surface area (Å²) in [5.74, 6) is -0.598. The highest BCUT2D eigenvalue weighted by Gasteiger charge is 2.51. The molecule has 0 aliphatic carbocycles. The minimum Gasteiger partial charge on any atom is -0.465 e. The molecule has 8 nitrogen and oxygen atoms in total. The van der Waals surface area contributed by atoms with Crippen LogP contribution in [-0.4, -0.2) is 57.0 Å². The Bertz CT molecular complexity index is 1060. The van der Waals surface area contributed by atoms with Gasteiger partial charge in [0, 0.05) is 10.9 Å². The largest absolute Gasteiger partial charge is 0.465 e. The molecule has 0 unspecified atom stereocenters. The van der Waals surface area contributed by atoms with Gasteiger partial charge in [-0.2, -0.15) is 4.31 Å². The number of aromatic nitrogens is 2. The van der Waals surface area contributed by atoms with Crippen molar-refractivity contribution in [2.45, 2.75) is 30.1 Å². The van der Waals surface area contributed by atoms with E-state index >= 15 is 0 Å². The number of halogens is 1. The molecule has 3 rings (SSSR count). The number of rotatable bonds is 4. The van der Waals surface area contributed by atoms with E-state index in [4.69, 9.17) is 22.1 Å². The highest BCUT2D eigenvalue weighted by atomic mass is 35.5. The number of anilines is 1. The van der Waals surface area contributed by atoms with E-state index in [0.717, 1.165) is 0 Å². The number of benzene rings is 1. The molecule has 2 aromatic rings. The number of nitrogens with two attached hydrogens (primary N) is 1. The van der Waals surface area contributed by atoms with Gasteiger partial charge in [-0.15, -0.1) is 0 Å². The molecule has 0 amide bonds. The molecule has 0 fully saturated rings. The lowest BCUT2D eigenvalue weighted by atomic mass is 9.57. The average molecular weight is 420 g/mol. The van der Waals surface area contributed by atoms with Gasteiger partial charge in [0.05, 0.1) is 29.1 Å².